The van der Waals surface area contributed by atoms with Gasteiger partial charge in [-0.25, -0.2) is 0 Å². The van der Waals surface area contributed by atoms with Crippen LogP contribution in [0.25, 0.3) is 0 Å². The van der Waals surface area contributed by atoms with E-state index in [9.17, 15) is 0 Å². The third kappa shape index (κ3) is 4.87. The summed E-state index contributed by atoms with van der Waals surface area (Å²) in [5.41, 5.74) is 7.30. The van der Waals surface area contributed by atoms with Gasteiger partial charge in [0.05, 0.1) is 6.61 Å². The van der Waals surface area contributed by atoms with Crippen molar-refractivity contribution in [1.82, 2.24) is 0 Å². The molecule has 0 spiro atoms. The predicted octanol–water partition coefficient (Wildman–Crippen LogP) is 4.20. The molecule has 0 heterocycles. The summed E-state index contributed by atoms with van der Waals surface area (Å²) in [5, 5.41) is 0. The van der Waals surface area contributed by atoms with Crippen LogP contribution in [0.5, 0.6) is 5.75 Å². The van der Waals surface area contributed by atoms with Crippen molar-refractivity contribution in [2.24, 2.45) is 17.6 Å². The van der Waals surface area contributed by atoms with Crippen molar-refractivity contribution >= 4 is 0 Å². The summed E-state index contributed by atoms with van der Waals surface area (Å²) in [4.78, 5) is 0. The molecule has 0 radical (unpaired) electrons. The molecule has 2 heteroatoms. The molecule has 0 saturated carbocycles. The summed E-state index contributed by atoms with van der Waals surface area (Å²) >= 11 is 0. The van der Waals surface area contributed by atoms with Gasteiger partial charge in [-0.2, -0.15) is 0 Å². The summed E-state index contributed by atoms with van der Waals surface area (Å²) in [7, 11) is 0. The average molecular weight is 263 g/mol. The SMILES string of the molecule is CCC(CC)C(CN)c1ccc(OCC(C)C)cc1. The Balaban J connectivity index is 2.72. The second-order valence-corrected chi connectivity index (χ2v) is 5.69. The number of rotatable bonds is 8. The summed E-state index contributed by atoms with van der Waals surface area (Å²) in [5.74, 6) is 2.65. The third-order valence-electron chi connectivity index (χ3n) is 3.76. The van der Waals surface area contributed by atoms with Gasteiger partial charge in [0.15, 0.2) is 0 Å². The highest BCUT2D eigenvalue weighted by Crippen LogP contribution is 2.29. The lowest BCUT2D eigenvalue weighted by Gasteiger charge is -2.24. The molecule has 0 aromatic heterocycles. The van der Waals surface area contributed by atoms with Gasteiger partial charge >= 0.3 is 0 Å². The fourth-order valence-corrected chi connectivity index (χ4v) is 2.53. The van der Waals surface area contributed by atoms with E-state index in [0.29, 0.717) is 17.8 Å². The van der Waals surface area contributed by atoms with Crippen molar-refractivity contribution < 1.29 is 4.74 Å². The number of nitrogens with two attached hydrogens (primary N) is 1. The predicted molar refractivity (Wildman–Crippen MR) is 82.6 cm³/mol. The van der Waals surface area contributed by atoms with E-state index in [4.69, 9.17) is 10.5 Å². The molecule has 108 valence electrons. The monoisotopic (exact) mass is 263 g/mol. The highest BCUT2D eigenvalue weighted by molar-refractivity contribution is 5.30. The van der Waals surface area contributed by atoms with Crippen LogP contribution in [0.4, 0.5) is 0 Å². The molecule has 1 aromatic rings. The number of ether oxygens (including phenoxy) is 1. The Bertz CT molecular complexity index is 341. The highest BCUT2D eigenvalue weighted by atomic mass is 16.5. The van der Waals surface area contributed by atoms with Crippen LogP contribution in [-0.4, -0.2) is 13.2 Å². The van der Waals surface area contributed by atoms with E-state index < -0.39 is 0 Å². The molecular weight excluding hydrogens is 234 g/mol. The highest BCUT2D eigenvalue weighted by Gasteiger charge is 2.18. The Hall–Kier alpha value is -1.02. The lowest BCUT2D eigenvalue weighted by Crippen LogP contribution is -2.20. The van der Waals surface area contributed by atoms with Crippen LogP contribution < -0.4 is 10.5 Å². The van der Waals surface area contributed by atoms with Gasteiger partial charge in [-0.05, 0) is 42.0 Å². The molecule has 0 fully saturated rings. The molecule has 19 heavy (non-hydrogen) atoms. The van der Waals surface area contributed by atoms with Gasteiger partial charge in [0.2, 0.25) is 0 Å². The van der Waals surface area contributed by atoms with Gasteiger partial charge in [0.25, 0.3) is 0 Å². The summed E-state index contributed by atoms with van der Waals surface area (Å²) in [6, 6.07) is 8.49. The van der Waals surface area contributed by atoms with Crippen molar-refractivity contribution in [3.8, 4) is 5.75 Å². The van der Waals surface area contributed by atoms with E-state index in [1.165, 1.54) is 18.4 Å². The van der Waals surface area contributed by atoms with Crippen molar-refractivity contribution in [1.29, 1.82) is 0 Å². The number of hydrogen-bond donors (Lipinski definition) is 1. The van der Waals surface area contributed by atoms with Gasteiger partial charge in [-0.15, -0.1) is 0 Å². The van der Waals surface area contributed by atoms with E-state index in [1.807, 2.05) is 0 Å². The Morgan fingerprint density at radius 1 is 1.05 bits per heavy atom. The largest absolute Gasteiger partial charge is 0.493 e. The van der Waals surface area contributed by atoms with Crippen molar-refractivity contribution in [3.63, 3.8) is 0 Å². The average Bonchev–Trinajstić information content (AvgIpc) is 2.43. The molecular formula is C17H29NO. The fourth-order valence-electron chi connectivity index (χ4n) is 2.53. The lowest BCUT2D eigenvalue weighted by molar-refractivity contribution is 0.271. The Kier molecular flexibility index (Phi) is 6.93. The standard InChI is InChI=1S/C17H29NO/c1-5-14(6-2)17(11-18)15-7-9-16(10-8-15)19-12-13(3)4/h7-10,13-14,17H,5-6,11-12,18H2,1-4H3. The van der Waals surface area contributed by atoms with E-state index in [0.717, 1.165) is 18.9 Å². The Morgan fingerprint density at radius 2 is 1.63 bits per heavy atom. The summed E-state index contributed by atoms with van der Waals surface area (Å²) < 4.78 is 5.72. The number of hydrogen-bond acceptors (Lipinski definition) is 2. The fraction of sp³-hybridized carbons (Fsp3) is 0.647. The molecule has 0 saturated heterocycles. The van der Waals surface area contributed by atoms with Gasteiger partial charge < -0.3 is 10.5 Å². The first-order valence-electron chi connectivity index (χ1n) is 7.55. The second kappa shape index (κ2) is 8.21. The van der Waals surface area contributed by atoms with Crippen LogP contribution in [-0.2, 0) is 0 Å². The van der Waals surface area contributed by atoms with Gasteiger partial charge in [0, 0.05) is 0 Å². The molecule has 0 amide bonds. The van der Waals surface area contributed by atoms with Crippen molar-refractivity contribution in [2.45, 2.75) is 46.5 Å². The van der Waals surface area contributed by atoms with Crippen LogP contribution in [0.3, 0.4) is 0 Å². The zero-order chi connectivity index (χ0) is 14.3. The minimum absolute atomic E-state index is 0.467. The summed E-state index contributed by atoms with van der Waals surface area (Å²) in [6.07, 6.45) is 2.37. The molecule has 1 atom stereocenters. The Labute approximate surface area is 118 Å². The lowest BCUT2D eigenvalue weighted by atomic mass is 9.83. The van der Waals surface area contributed by atoms with E-state index in [2.05, 4.69) is 52.0 Å². The minimum Gasteiger partial charge on any atom is -0.493 e. The molecule has 1 aromatic carbocycles. The second-order valence-electron chi connectivity index (χ2n) is 5.69. The van der Waals surface area contributed by atoms with Crippen LogP contribution in [0.2, 0.25) is 0 Å². The van der Waals surface area contributed by atoms with E-state index in [1.54, 1.807) is 0 Å². The normalized spacial score (nSPS) is 13.0. The third-order valence-corrected chi connectivity index (χ3v) is 3.76. The maximum atomic E-state index is 5.96. The zero-order valence-electron chi connectivity index (χ0n) is 12.9. The first-order chi connectivity index (χ1) is 9.12. The molecule has 2 N–H and O–H groups in total. The van der Waals surface area contributed by atoms with Crippen molar-refractivity contribution in [3.05, 3.63) is 29.8 Å². The van der Waals surface area contributed by atoms with Gasteiger partial charge in [-0.1, -0.05) is 52.7 Å². The van der Waals surface area contributed by atoms with Crippen LogP contribution in [0, 0.1) is 11.8 Å². The number of benzene rings is 1. The molecule has 1 rings (SSSR count). The first kappa shape index (κ1) is 16.0. The molecule has 2 nitrogen and oxygen atoms in total. The smallest absolute Gasteiger partial charge is 0.119 e. The van der Waals surface area contributed by atoms with Crippen LogP contribution in [0.1, 0.15) is 52.0 Å². The molecule has 0 aliphatic rings. The Morgan fingerprint density at radius 3 is 2.05 bits per heavy atom. The maximum absolute atomic E-state index is 5.96. The zero-order valence-corrected chi connectivity index (χ0v) is 12.9. The van der Waals surface area contributed by atoms with Crippen LogP contribution in [0.15, 0.2) is 24.3 Å². The van der Waals surface area contributed by atoms with Crippen molar-refractivity contribution in [2.75, 3.05) is 13.2 Å². The molecule has 0 aliphatic carbocycles. The first-order valence-corrected chi connectivity index (χ1v) is 7.55. The topological polar surface area (TPSA) is 35.2 Å². The maximum Gasteiger partial charge on any atom is 0.119 e. The van der Waals surface area contributed by atoms with Crippen LogP contribution >= 0.6 is 0 Å². The quantitative estimate of drug-likeness (QED) is 0.763. The van der Waals surface area contributed by atoms with Gasteiger partial charge in [0.1, 0.15) is 5.75 Å². The summed E-state index contributed by atoms with van der Waals surface area (Å²) in [6.45, 7) is 10.3. The molecule has 0 bridgehead atoms. The molecule has 0 aliphatic heterocycles. The molecule has 1 unspecified atom stereocenters. The van der Waals surface area contributed by atoms with E-state index in [-0.39, 0.29) is 0 Å². The minimum atomic E-state index is 0.467. The van der Waals surface area contributed by atoms with Gasteiger partial charge in [-0.3, -0.25) is 0 Å². The van der Waals surface area contributed by atoms with E-state index >= 15 is 0 Å².